The zero-order valence-electron chi connectivity index (χ0n) is 15.2. The van der Waals surface area contributed by atoms with Crippen molar-refractivity contribution in [1.82, 2.24) is 0 Å². The highest BCUT2D eigenvalue weighted by atomic mass is 16.5. The van der Waals surface area contributed by atoms with E-state index in [1.165, 1.54) is 7.11 Å². The third kappa shape index (κ3) is 4.44. The molecule has 0 aromatic heterocycles. The summed E-state index contributed by atoms with van der Waals surface area (Å²) in [7, 11) is 3.08. The summed E-state index contributed by atoms with van der Waals surface area (Å²) in [6.45, 7) is -0.296. The molecule has 0 saturated heterocycles. The summed E-state index contributed by atoms with van der Waals surface area (Å²) >= 11 is 0. The fraction of sp³-hybridized carbons (Fsp3) is 0.182. The fourth-order valence-electron chi connectivity index (χ4n) is 2.80. The quantitative estimate of drug-likeness (QED) is 0.471. The molecule has 0 spiro atoms. The minimum atomic E-state index is -0.493. The Morgan fingerprint density at radius 1 is 0.852 bits per heavy atom. The SMILES string of the molecule is COc1ccc(CC(=O)OCC(=O)c2ccc3ccccc3c2)c(OC)c1. The smallest absolute Gasteiger partial charge is 0.310 e. The molecule has 0 saturated carbocycles. The summed E-state index contributed by atoms with van der Waals surface area (Å²) < 4.78 is 15.6. The van der Waals surface area contributed by atoms with Crippen LogP contribution in [-0.4, -0.2) is 32.6 Å². The number of rotatable bonds is 7. The number of benzene rings is 3. The number of methoxy groups -OCH3 is 2. The van der Waals surface area contributed by atoms with E-state index in [9.17, 15) is 9.59 Å². The number of ketones is 1. The van der Waals surface area contributed by atoms with Crippen LogP contribution in [0.15, 0.2) is 60.7 Å². The Morgan fingerprint density at radius 3 is 2.37 bits per heavy atom. The lowest BCUT2D eigenvalue weighted by Crippen LogP contribution is -2.16. The van der Waals surface area contributed by atoms with Gasteiger partial charge < -0.3 is 14.2 Å². The van der Waals surface area contributed by atoms with Gasteiger partial charge in [0.05, 0.1) is 20.6 Å². The molecule has 0 fully saturated rings. The van der Waals surface area contributed by atoms with Crippen molar-refractivity contribution < 1.29 is 23.8 Å². The molecule has 0 aliphatic heterocycles. The molecule has 138 valence electrons. The first-order valence-corrected chi connectivity index (χ1v) is 8.49. The number of carbonyl (C=O) groups excluding carboxylic acids is 2. The molecule has 5 nitrogen and oxygen atoms in total. The summed E-state index contributed by atoms with van der Waals surface area (Å²) in [5.41, 5.74) is 1.19. The first kappa shape index (κ1) is 18.5. The summed E-state index contributed by atoms with van der Waals surface area (Å²) in [6, 6.07) is 18.4. The van der Waals surface area contributed by atoms with Crippen LogP contribution in [0.1, 0.15) is 15.9 Å². The Morgan fingerprint density at radius 2 is 1.63 bits per heavy atom. The van der Waals surface area contributed by atoms with E-state index in [0.717, 1.165) is 10.8 Å². The summed E-state index contributed by atoms with van der Waals surface area (Å²) in [4.78, 5) is 24.5. The van der Waals surface area contributed by atoms with Gasteiger partial charge >= 0.3 is 5.97 Å². The number of esters is 1. The second kappa shape index (κ2) is 8.36. The predicted molar refractivity (Wildman–Crippen MR) is 102 cm³/mol. The van der Waals surface area contributed by atoms with Crippen molar-refractivity contribution in [2.75, 3.05) is 20.8 Å². The van der Waals surface area contributed by atoms with Crippen LogP contribution >= 0.6 is 0 Å². The number of ether oxygens (including phenoxy) is 3. The second-order valence-corrected chi connectivity index (χ2v) is 6.00. The molecule has 5 heteroatoms. The van der Waals surface area contributed by atoms with Crippen LogP contribution in [0, 0.1) is 0 Å². The molecule has 0 unspecified atom stereocenters. The topological polar surface area (TPSA) is 61.8 Å². The van der Waals surface area contributed by atoms with Crippen molar-refractivity contribution in [2.24, 2.45) is 0 Å². The molecular weight excluding hydrogens is 344 g/mol. The molecule has 0 aliphatic rings. The van der Waals surface area contributed by atoms with Crippen LogP contribution in [0.25, 0.3) is 10.8 Å². The molecule has 0 N–H and O–H groups in total. The average molecular weight is 364 g/mol. The standard InChI is InChI=1S/C22H20O5/c1-25-19-10-9-18(21(13-19)26-2)12-22(24)27-14-20(23)17-8-7-15-5-3-4-6-16(15)11-17/h3-11,13H,12,14H2,1-2H3. The Bertz CT molecular complexity index is 977. The van der Waals surface area contributed by atoms with Gasteiger partial charge in [-0.2, -0.15) is 0 Å². The Balaban J connectivity index is 1.62. The first-order chi connectivity index (χ1) is 13.1. The molecule has 0 atom stereocenters. The van der Waals surface area contributed by atoms with Gasteiger partial charge in [0.1, 0.15) is 11.5 Å². The zero-order valence-corrected chi connectivity index (χ0v) is 15.2. The number of Topliss-reactive ketones (excluding diaryl/α,β-unsaturated/α-hetero) is 1. The maximum absolute atomic E-state index is 12.3. The number of carbonyl (C=O) groups is 2. The summed E-state index contributed by atoms with van der Waals surface area (Å²) in [5.74, 6) is 0.436. The van der Waals surface area contributed by atoms with Crippen LogP contribution in [0.5, 0.6) is 11.5 Å². The van der Waals surface area contributed by atoms with Crippen molar-refractivity contribution in [3.63, 3.8) is 0 Å². The highest BCUT2D eigenvalue weighted by Gasteiger charge is 2.14. The van der Waals surface area contributed by atoms with E-state index in [1.807, 2.05) is 30.3 Å². The van der Waals surface area contributed by atoms with Crippen LogP contribution in [-0.2, 0) is 16.0 Å². The van der Waals surface area contributed by atoms with E-state index in [1.54, 1.807) is 37.4 Å². The van der Waals surface area contributed by atoms with Crippen molar-refractivity contribution in [2.45, 2.75) is 6.42 Å². The normalized spacial score (nSPS) is 10.4. The molecule has 3 aromatic carbocycles. The van der Waals surface area contributed by atoms with Crippen molar-refractivity contribution >= 4 is 22.5 Å². The van der Waals surface area contributed by atoms with E-state index >= 15 is 0 Å². The van der Waals surface area contributed by atoms with Gasteiger partial charge in [0.25, 0.3) is 0 Å². The van der Waals surface area contributed by atoms with E-state index in [2.05, 4.69) is 0 Å². The van der Waals surface area contributed by atoms with E-state index in [4.69, 9.17) is 14.2 Å². The molecule has 0 amide bonds. The van der Waals surface area contributed by atoms with Gasteiger partial charge in [-0.15, -0.1) is 0 Å². The van der Waals surface area contributed by atoms with E-state index in [-0.39, 0.29) is 18.8 Å². The zero-order chi connectivity index (χ0) is 19.2. The predicted octanol–water partition coefficient (Wildman–Crippen LogP) is 3.83. The Hall–Kier alpha value is -3.34. The molecule has 27 heavy (non-hydrogen) atoms. The Labute approximate surface area is 157 Å². The monoisotopic (exact) mass is 364 g/mol. The molecular formula is C22H20O5. The van der Waals surface area contributed by atoms with Crippen LogP contribution in [0.2, 0.25) is 0 Å². The molecule has 0 radical (unpaired) electrons. The molecule has 3 rings (SSSR count). The van der Waals surface area contributed by atoms with Gasteiger partial charge in [0.2, 0.25) is 0 Å². The lowest BCUT2D eigenvalue weighted by atomic mass is 10.0. The lowest BCUT2D eigenvalue weighted by Gasteiger charge is -2.10. The fourth-order valence-corrected chi connectivity index (χ4v) is 2.80. The highest BCUT2D eigenvalue weighted by Crippen LogP contribution is 2.25. The maximum Gasteiger partial charge on any atom is 0.310 e. The molecule has 0 heterocycles. The third-order valence-electron chi connectivity index (χ3n) is 4.26. The van der Waals surface area contributed by atoms with Crippen LogP contribution in [0.3, 0.4) is 0 Å². The van der Waals surface area contributed by atoms with Gasteiger partial charge in [0, 0.05) is 17.2 Å². The van der Waals surface area contributed by atoms with Crippen molar-refractivity contribution in [3.8, 4) is 11.5 Å². The highest BCUT2D eigenvalue weighted by molar-refractivity contribution is 6.01. The second-order valence-electron chi connectivity index (χ2n) is 6.00. The van der Waals surface area contributed by atoms with Crippen molar-refractivity contribution in [1.29, 1.82) is 0 Å². The van der Waals surface area contributed by atoms with E-state index < -0.39 is 5.97 Å². The first-order valence-electron chi connectivity index (χ1n) is 8.49. The number of fused-ring (bicyclic) bond motifs is 1. The largest absolute Gasteiger partial charge is 0.497 e. The van der Waals surface area contributed by atoms with Gasteiger partial charge in [-0.05, 0) is 22.9 Å². The van der Waals surface area contributed by atoms with Crippen LogP contribution < -0.4 is 9.47 Å². The van der Waals surface area contributed by atoms with Gasteiger partial charge in [-0.1, -0.05) is 42.5 Å². The number of hydrogen-bond acceptors (Lipinski definition) is 5. The molecule has 0 aliphatic carbocycles. The lowest BCUT2D eigenvalue weighted by molar-refractivity contribution is -0.141. The van der Waals surface area contributed by atoms with Gasteiger partial charge in [-0.3, -0.25) is 9.59 Å². The maximum atomic E-state index is 12.3. The summed E-state index contributed by atoms with van der Waals surface area (Å²) in [5, 5.41) is 2.02. The van der Waals surface area contributed by atoms with Gasteiger partial charge in [0.15, 0.2) is 12.4 Å². The van der Waals surface area contributed by atoms with E-state index in [0.29, 0.717) is 22.6 Å². The van der Waals surface area contributed by atoms with Crippen molar-refractivity contribution in [3.05, 3.63) is 71.8 Å². The Kier molecular flexibility index (Phi) is 5.71. The third-order valence-corrected chi connectivity index (χ3v) is 4.26. The van der Waals surface area contributed by atoms with Gasteiger partial charge in [-0.25, -0.2) is 0 Å². The molecule has 3 aromatic rings. The average Bonchev–Trinajstić information content (AvgIpc) is 2.71. The minimum Gasteiger partial charge on any atom is -0.497 e. The van der Waals surface area contributed by atoms with Crippen LogP contribution in [0.4, 0.5) is 0 Å². The molecule has 0 bridgehead atoms. The summed E-state index contributed by atoms with van der Waals surface area (Å²) in [6.07, 6.45) is 0.0121. The minimum absolute atomic E-state index is 0.0121. The number of hydrogen-bond donors (Lipinski definition) is 0.